The molecule has 1 aliphatic heterocycles. The number of hydrogen-bond acceptors (Lipinski definition) is 7. The molecule has 0 radical (unpaired) electrons. The number of aliphatic hydroxyl groups excluding tert-OH is 5. The number of ether oxygens (including phenoxy) is 2. The summed E-state index contributed by atoms with van der Waals surface area (Å²) in [5.41, 5.74) is -0.0313. The maximum atomic E-state index is 10.0. The van der Waals surface area contributed by atoms with E-state index in [-0.39, 0.29) is 17.4 Å². The predicted molar refractivity (Wildman–Crippen MR) is 95.1 cm³/mol. The highest BCUT2D eigenvalue weighted by molar-refractivity contribution is 5.03. The van der Waals surface area contributed by atoms with E-state index in [1.807, 2.05) is 6.08 Å². The van der Waals surface area contributed by atoms with Crippen LogP contribution < -0.4 is 0 Å². The van der Waals surface area contributed by atoms with Crippen LogP contribution in [0, 0.1) is 17.3 Å². The smallest absolute Gasteiger partial charge is 0.187 e. The van der Waals surface area contributed by atoms with Gasteiger partial charge in [-0.1, -0.05) is 32.9 Å². The average molecular weight is 374 g/mol. The summed E-state index contributed by atoms with van der Waals surface area (Å²) in [5, 5.41) is 48.9. The minimum Gasteiger partial charge on any atom is -0.394 e. The molecule has 5 N–H and O–H groups in total. The first-order valence-electron chi connectivity index (χ1n) is 9.39. The van der Waals surface area contributed by atoms with E-state index in [9.17, 15) is 25.5 Å². The number of rotatable bonds is 5. The molecule has 2 fully saturated rings. The summed E-state index contributed by atoms with van der Waals surface area (Å²) in [7, 11) is 0. The van der Waals surface area contributed by atoms with Gasteiger partial charge in [0, 0.05) is 0 Å². The van der Waals surface area contributed by atoms with Crippen LogP contribution in [-0.2, 0) is 9.47 Å². The van der Waals surface area contributed by atoms with Crippen LogP contribution in [0.25, 0.3) is 0 Å². The SMILES string of the molecule is C[C@H](C=C[C@H]1[C@H](C)C[C@H](O)CC1(C)C)O[C@@H]1O[C@H](CO)[C@@H](O)[C@H](O)[C@H]1O. The van der Waals surface area contributed by atoms with Crippen LogP contribution in [0.1, 0.15) is 40.5 Å². The number of allylic oxidation sites excluding steroid dienone is 1. The van der Waals surface area contributed by atoms with Crippen molar-refractivity contribution in [1.29, 1.82) is 0 Å². The van der Waals surface area contributed by atoms with Crippen molar-refractivity contribution in [3.63, 3.8) is 0 Å². The van der Waals surface area contributed by atoms with E-state index in [4.69, 9.17) is 9.47 Å². The lowest BCUT2D eigenvalue weighted by atomic mass is 9.63. The first-order chi connectivity index (χ1) is 12.1. The largest absolute Gasteiger partial charge is 0.394 e. The Morgan fingerprint density at radius 3 is 2.38 bits per heavy atom. The zero-order valence-electron chi connectivity index (χ0n) is 16.0. The summed E-state index contributed by atoms with van der Waals surface area (Å²) in [6.07, 6.45) is -1.53. The van der Waals surface area contributed by atoms with Crippen molar-refractivity contribution in [1.82, 2.24) is 0 Å². The summed E-state index contributed by atoms with van der Waals surface area (Å²) >= 11 is 0. The fourth-order valence-corrected chi connectivity index (χ4v) is 4.34. The molecule has 0 aromatic heterocycles. The Morgan fingerprint density at radius 2 is 1.81 bits per heavy atom. The van der Waals surface area contributed by atoms with Gasteiger partial charge in [-0.15, -0.1) is 0 Å². The maximum absolute atomic E-state index is 10.0. The molecular formula is C19H34O7. The molecule has 7 nitrogen and oxygen atoms in total. The fraction of sp³-hybridized carbons (Fsp3) is 0.895. The Kier molecular flexibility index (Phi) is 7.23. The summed E-state index contributed by atoms with van der Waals surface area (Å²) in [4.78, 5) is 0. The van der Waals surface area contributed by atoms with Crippen molar-refractivity contribution < 1.29 is 35.0 Å². The van der Waals surface area contributed by atoms with Crippen molar-refractivity contribution in [2.45, 2.75) is 83.5 Å². The Morgan fingerprint density at radius 1 is 1.15 bits per heavy atom. The zero-order valence-corrected chi connectivity index (χ0v) is 16.0. The monoisotopic (exact) mass is 374 g/mol. The molecule has 1 aliphatic carbocycles. The minimum atomic E-state index is -1.44. The lowest BCUT2D eigenvalue weighted by Gasteiger charge is -2.44. The van der Waals surface area contributed by atoms with Gasteiger partial charge in [-0.05, 0) is 37.0 Å². The van der Waals surface area contributed by atoms with Gasteiger partial charge >= 0.3 is 0 Å². The van der Waals surface area contributed by atoms with E-state index in [2.05, 4.69) is 26.8 Å². The summed E-state index contributed by atoms with van der Waals surface area (Å²) in [5.74, 6) is 0.621. The average Bonchev–Trinajstić information content (AvgIpc) is 2.53. The van der Waals surface area contributed by atoms with E-state index in [1.54, 1.807) is 6.92 Å². The van der Waals surface area contributed by atoms with E-state index >= 15 is 0 Å². The summed E-state index contributed by atoms with van der Waals surface area (Å²) < 4.78 is 11.0. The molecule has 2 rings (SSSR count). The molecule has 0 unspecified atom stereocenters. The van der Waals surface area contributed by atoms with Gasteiger partial charge in [-0.3, -0.25) is 0 Å². The number of hydrogen-bond donors (Lipinski definition) is 5. The Hall–Kier alpha value is -0.540. The van der Waals surface area contributed by atoms with Crippen LogP contribution in [0.2, 0.25) is 0 Å². The molecule has 0 aromatic carbocycles. The van der Waals surface area contributed by atoms with Gasteiger partial charge in [0.25, 0.3) is 0 Å². The molecule has 0 amide bonds. The first-order valence-corrected chi connectivity index (χ1v) is 9.39. The minimum absolute atomic E-state index is 0.0313. The molecule has 9 atom stereocenters. The van der Waals surface area contributed by atoms with Crippen LogP contribution in [0.5, 0.6) is 0 Å². The third kappa shape index (κ3) is 4.84. The molecule has 2 aliphatic rings. The van der Waals surface area contributed by atoms with E-state index < -0.39 is 43.4 Å². The second-order valence-corrected chi connectivity index (χ2v) is 8.51. The molecule has 1 heterocycles. The molecule has 1 saturated carbocycles. The highest BCUT2D eigenvalue weighted by Crippen LogP contribution is 2.44. The van der Waals surface area contributed by atoms with Gasteiger partial charge in [0.15, 0.2) is 6.29 Å². The molecular weight excluding hydrogens is 340 g/mol. The molecule has 0 bridgehead atoms. The Balaban J connectivity index is 1.99. The van der Waals surface area contributed by atoms with Crippen molar-refractivity contribution in [3.05, 3.63) is 12.2 Å². The molecule has 0 aromatic rings. The third-order valence-corrected chi connectivity index (χ3v) is 5.71. The van der Waals surface area contributed by atoms with E-state index in [0.717, 1.165) is 12.8 Å². The normalized spacial score (nSPS) is 45.0. The van der Waals surface area contributed by atoms with Crippen LogP contribution >= 0.6 is 0 Å². The Bertz CT molecular complexity index is 479. The molecule has 0 spiro atoms. The second-order valence-electron chi connectivity index (χ2n) is 8.51. The van der Waals surface area contributed by atoms with Crippen molar-refractivity contribution >= 4 is 0 Å². The van der Waals surface area contributed by atoms with Crippen molar-refractivity contribution in [3.8, 4) is 0 Å². The first kappa shape index (κ1) is 21.8. The molecule has 1 saturated heterocycles. The van der Waals surface area contributed by atoms with Gasteiger partial charge in [-0.2, -0.15) is 0 Å². The van der Waals surface area contributed by atoms with Gasteiger partial charge < -0.3 is 35.0 Å². The maximum Gasteiger partial charge on any atom is 0.187 e. The van der Waals surface area contributed by atoms with Crippen molar-refractivity contribution in [2.75, 3.05) is 6.61 Å². The van der Waals surface area contributed by atoms with Gasteiger partial charge in [0.05, 0.1) is 18.8 Å². The highest BCUT2D eigenvalue weighted by Gasteiger charge is 2.44. The van der Waals surface area contributed by atoms with Gasteiger partial charge in [0.1, 0.15) is 24.4 Å². The quantitative estimate of drug-likeness (QED) is 0.436. The number of aliphatic hydroxyl groups is 5. The summed E-state index contributed by atoms with van der Waals surface area (Å²) in [6.45, 7) is 7.73. The van der Waals surface area contributed by atoms with Crippen molar-refractivity contribution in [2.24, 2.45) is 17.3 Å². The second kappa shape index (κ2) is 8.65. The molecule has 7 heteroatoms. The van der Waals surface area contributed by atoms with Crippen LogP contribution in [0.3, 0.4) is 0 Å². The Labute approximate surface area is 155 Å². The lowest BCUT2D eigenvalue weighted by molar-refractivity contribution is -0.306. The third-order valence-electron chi connectivity index (χ3n) is 5.71. The fourth-order valence-electron chi connectivity index (χ4n) is 4.34. The zero-order chi connectivity index (χ0) is 19.6. The lowest BCUT2D eigenvalue weighted by Crippen LogP contribution is -2.59. The van der Waals surface area contributed by atoms with E-state index in [0.29, 0.717) is 5.92 Å². The topological polar surface area (TPSA) is 120 Å². The van der Waals surface area contributed by atoms with E-state index in [1.165, 1.54) is 0 Å². The van der Waals surface area contributed by atoms with Crippen LogP contribution in [0.15, 0.2) is 12.2 Å². The standard InChI is InChI=1S/C19H34O7/c1-10-7-12(21)8-19(3,4)13(10)6-5-11(2)25-18-17(24)16(23)15(22)14(9-20)26-18/h5-6,10-18,20-24H,7-9H2,1-4H3/t10-,11-,12+,13+,14-,15-,16+,17-,18-/m1/s1. The predicted octanol–water partition coefficient (Wildman–Crippen LogP) is 0.181. The van der Waals surface area contributed by atoms with Gasteiger partial charge in [0.2, 0.25) is 0 Å². The summed E-state index contributed by atoms with van der Waals surface area (Å²) in [6, 6.07) is 0. The molecule has 152 valence electrons. The van der Waals surface area contributed by atoms with Crippen LogP contribution in [0.4, 0.5) is 0 Å². The molecule has 26 heavy (non-hydrogen) atoms. The highest BCUT2D eigenvalue weighted by atomic mass is 16.7. The van der Waals surface area contributed by atoms with Gasteiger partial charge in [-0.25, -0.2) is 0 Å². The van der Waals surface area contributed by atoms with Crippen LogP contribution in [-0.4, -0.2) is 75.1 Å².